The van der Waals surface area contributed by atoms with E-state index in [1.807, 2.05) is 0 Å². The molecule has 2 aromatic carbocycles. The first-order valence-corrected chi connectivity index (χ1v) is 11.5. The summed E-state index contributed by atoms with van der Waals surface area (Å²) in [5, 5.41) is 0. The molecule has 1 aliphatic rings. The second kappa shape index (κ2) is 7.97. The Morgan fingerprint density at radius 1 is 0.889 bits per heavy atom. The van der Waals surface area contributed by atoms with Gasteiger partial charge in [0.1, 0.15) is 5.75 Å². The molecule has 0 spiro atoms. The summed E-state index contributed by atoms with van der Waals surface area (Å²) in [6, 6.07) is 12.4. The highest BCUT2D eigenvalue weighted by atomic mass is 32.2. The number of ether oxygens (including phenoxy) is 1. The van der Waals surface area contributed by atoms with Crippen LogP contribution in [0.25, 0.3) is 0 Å². The van der Waals surface area contributed by atoms with Crippen molar-refractivity contribution in [3.8, 4) is 5.75 Å². The quantitative estimate of drug-likeness (QED) is 0.753. The Morgan fingerprint density at radius 2 is 1.44 bits per heavy atom. The Labute approximate surface area is 160 Å². The lowest BCUT2D eigenvalue weighted by Crippen LogP contribution is -2.28. The molecular formula is C18H22N2O5S2. The fraction of sp³-hybridized carbons (Fsp3) is 0.333. The minimum atomic E-state index is -3.75. The van der Waals surface area contributed by atoms with E-state index in [-0.39, 0.29) is 16.3 Å². The average molecular weight is 411 g/mol. The molecule has 27 heavy (non-hydrogen) atoms. The van der Waals surface area contributed by atoms with Crippen molar-refractivity contribution in [2.45, 2.75) is 29.2 Å². The van der Waals surface area contributed by atoms with Crippen LogP contribution < -0.4 is 9.46 Å². The van der Waals surface area contributed by atoms with Crippen molar-refractivity contribution < 1.29 is 21.6 Å². The Balaban J connectivity index is 1.71. The smallest absolute Gasteiger partial charge is 0.243 e. The highest BCUT2D eigenvalue weighted by Crippen LogP contribution is 2.22. The Hall–Kier alpha value is -1.94. The zero-order valence-electron chi connectivity index (χ0n) is 15.0. The van der Waals surface area contributed by atoms with Gasteiger partial charge in [-0.3, -0.25) is 0 Å². The average Bonchev–Trinajstić information content (AvgIpc) is 3.23. The van der Waals surface area contributed by atoms with Crippen LogP contribution in [0.5, 0.6) is 5.75 Å². The van der Waals surface area contributed by atoms with Crippen molar-refractivity contribution in [1.29, 1.82) is 0 Å². The number of sulfonamides is 2. The molecule has 0 aliphatic carbocycles. The first-order valence-electron chi connectivity index (χ1n) is 8.56. The van der Waals surface area contributed by atoms with Crippen molar-refractivity contribution in [2.24, 2.45) is 0 Å². The molecule has 0 bridgehead atoms. The van der Waals surface area contributed by atoms with E-state index in [4.69, 9.17) is 4.74 Å². The molecule has 1 N–H and O–H groups in total. The van der Waals surface area contributed by atoms with Gasteiger partial charge < -0.3 is 4.74 Å². The van der Waals surface area contributed by atoms with Crippen LogP contribution in [0.1, 0.15) is 18.4 Å². The number of rotatable bonds is 7. The predicted octanol–water partition coefficient (Wildman–Crippen LogP) is 1.96. The Kier molecular flexibility index (Phi) is 5.85. The number of hydrogen-bond acceptors (Lipinski definition) is 5. The molecule has 2 aromatic rings. The fourth-order valence-corrected chi connectivity index (χ4v) is 5.41. The maximum absolute atomic E-state index is 12.5. The summed E-state index contributed by atoms with van der Waals surface area (Å²) in [7, 11) is -5.74. The van der Waals surface area contributed by atoms with Gasteiger partial charge in [-0.25, -0.2) is 21.6 Å². The van der Waals surface area contributed by atoms with Crippen molar-refractivity contribution >= 4 is 20.0 Å². The lowest BCUT2D eigenvalue weighted by atomic mass is 10.2. The molecule has 3 rings (SSSR count). The highest BCUT2D eigenvalue weighted by molar-refractivity contribution is 7.89. The summed E-state index contributed by atoms with van der Waals surface area (Å²) >= 11 is 0. The molecule has 0 unspecified atom stereocenters. The van der Waals surface area contributed by atoms with E-state index in [9.17, 15) is 16.8 Å². The molecule has 1 heterocycles. The SMILES string of the molecule is COc1ccc(CNS(=O)(=O)c2ccc(S(=O)(=O)N3CCCC3)cc2)cc1. The minimum absolute atomic E-state index is 0.0244. The van der Waals surface area contributed by atoms with Gasteiger partial charge >= 0.3 is 0 Å². The van der Waals surface area contributed by atoms with Crippen molar-refractivity contribution in [1.82, 2.24) is 9.03 Å². The molecule has 1 aliphatic heterocycles. The van der Waals surface area contributed by atoms with E-state index in [1.54, 1.807) is 31.4 Å². The number of hydrogen-bond donors (Lipinski definition) is 1. The van der Waals surface area contributed by atoms with Crippen molar-refractivity contribution in [2.75, 3.05) is 20.2 Å². The first kappa shape index (κ1) is 19.8. The third-order valence-corrected chi connectivity index (χ3v) is 7.79. The van der Waals surface area contributed by atoms with Crippen LogP contribution in [0.2, 0.25) is 0 Å². The number of nitrogens with zero attached hydrogens (tertiary/aromatic N) is 1. The normalized spacial score (nSPS) is 15.7. The van der Waals surface area contributed by atoms with E-state index in [1.165, 1.54) is 28.6 Å². The van der Waals surface area contributed by atoms with Gasteiger partial charge in [0.05, 0.1) is 16.9 Å². The molecule has 0 atom stereocenters. The van der Waals surface area contributed by atoms with Crippen LogP contribution in [-0.4, -0.2) is 41.3 Å². The van der Waals surface area contributed by atoms with E-state index in [0.29, 0.717) is 18.8 Å². The number of methoxy groups -OCH3 is 1. The molecule has 0 radical (unpaired) electrons. The Morgan fingerprint density at radius 3 is 2.00 bits per heavy atom. The summed E-state index contributed by atoms with van der Waals surface area (Å²) in [6.07, 6.45) is 1.70. The van der Waals surface area contributed by atoms with Gasteiger partial charge in [-0.05, 0) is 54.8 Å². The number of nitrogens with one attached hydrogen (secondary N) is 1. The molecule has 1 saturated heterocycles. The van der Waals surface area contributed by atoms with Gasteiger partial charge in [-0.15, -0.1) is 0 Å². The van der Waals surface area contributed by atoms with Gasteiger partial charge in [0.2, 0.25) is 20.0 Å². The summed E-state index contributed by atoms with van der Waals surface area (Å²) in [5.41, 5.74) is 0.785. The van der Waals surface area contributed by atoms with E-state index < -0.39 is 20.0 Å². The number of benzene rings is 2. The van der Waals surface area contributed by atoms with Crippen LogP contribution in [-0.2, 0) is 26.6 Å². The lowest BCUT2D eigenvalue weighted by molar-refractivity contribution is 0.414. The summed E-state index contributed by atoms with van der Waals surface area (Å²) < 4.78 is 58.9. The first-order chi connectivity index (χ1) is 12.8. The highest BCUT2D eigenvalue weighted by Gasteiger charge is 2.27. The summed E-state index contributed by atoms with van der Waals surface area (Å²) in [4.78, 5) is 0.134. The fourth-order valence-electron chi connectivity index (χ4n) is 2.87. The monoisotopic (exact) mass is 410 g/mol. The molecule has 1 fully saturated rings. The summed E-state index contributed by atoms with van der Waals surface area (Å²) in [6.45, 7) is 1.14. The topological polar surface area (TPSA) is 92.8 Å². The minimum Gasteiger partial charge on any atom is -0.497 e. The van der Waals surface area contributed by atoms with Crippen molar-refractivity contribution in [3.63, 3.8) is 0 Å². The van der Waals surface area contributed by atoms with Gasteiger partial charge in [0.15, 0.2) is 0 Å². The molecular weight excluding hydrogens is 388 g/mol. The summed E-state index contributed by atoms with van der Waals surface area (Å²) in [5.74, 6) is 0.691. The zero-order valence-corrected chi connectivity index (χ0v) is 16.6. The third-order valence-electron chi connectivity index (χ3n) is 4.46. The zero-order chi connectivity index (χ0) is 19.5. The third kappa shape index (κ3) is 4.49. The van der Waals surface area contributed by atoms with Gasteiger partial charge in [0.25, 0.3) is 0 Å². The standard InChI is InChI=1S/C18H22N2O5S2/c1-25-16-6-4-15(5-7-16)14-19-26(21,22)17-8-10-18(11-9-17)27(23,24)20-12-2-3-13-20/h4-11,19H,2-3,12-14H2,1H3. The van der Waals surface area contributed by atoms with E-state index in [2.05, 4.69) is 4.72 Å². The van der Waals surface area contributed by atoms with E-state index >= 15 is 0 Å². The van der Waals surface area contributed by atoms with Gasteiger partial charge in [0, 0.05) is 19.6 Å². The van der Waals surface area contributed by atoms with Crippen LogP contribution >= 0.6 is 0 Å². The van der Waals surface area contributed by atoms with Crippen molar-refractivity contribution in [3.05, 3.63) is 54.1 Å². The largest absolute Gasteiger partial charge is 0.497 e. The van der Waals surface area contributed by atoms with Gasteiger partial charge in [-0.1, -0.05) is 12.1 Å². The molecule has 0 amide bonds. The van der Waals surface area contributed by atoms with Crippen LogP contribution in [0.15, 0.2) is 58.3 Å². The second-order valence-corrected chi connectivity index (χ2v) is 9.96. The second-order valence-electron chi connectivity index (χ2n) is 6.26. The van der Waals surface area contributed by atoms with Crippen LogP contribution in [0, 0.1) is 0 Å². The molecule has 7 nitrogen and oxygen atoms in total. The molecule has 9 heteroatoms. The molecule has 146 valence electrons. The molecule has 0 aromatic heterocycles. The van der Waals surface area contributed by atoms with Crippen LogP contribution in [0.3, 0.4) is 0 Å². The van der Waals surface area contributed by atoms with Crippen LogP contribution in [0.4, 0.5) is 0 Å². The maximum atomic E-state index is 12.5. The van der Waals surface area contributed by atoms with Gasteiger partial charge in [-0.2, -0.15) is 4.31 Å². The predicted molar refractivity (Wildman–Crippen MR) is 101 cm³/mol. The Bertz CT molecular complexity index is 979. The van der Waals surface area contributed by atoms with E-state index in [0.717, 1.165) is 18.4 Å². The molecule has 0 saturated carbocycles. The lowest BCUT2D eigenvalue weighted by Gasteiger charge is -2.15. The maximum Gasteiger partial charge on any atom is 0.243 e.